The molecule has 238 valence electrons. The smallest absolute Gasteiger partial charge is 0.387 e. The van der Waals surface area contributed by atoms with Crippen LogP contribution < -0.4 is 14.2 Å². The number of rotatable bonds is 14. The number of pyridine rings is 1. The minimum absolute atomic E-state index is 0.00179. The first kappa shape index (κ1) is 32.3. The Balaban J connectivity index is 1.77. The van der Waals surface area contributed by atoms with Crippen molar-refractivity contribution in [2.24, 2.45) is 11.8 Å². The highest BCUT2D eigenvalue weighted by Crippen LogP contribution is 2.54. The second kappa shape index (κ2) is 13.1. The number of nitrogens with one attached hydrogen (secondary N) is 1. The van der Waals surface area contributed by atoms with Gasteiger partial charge >= 0.3 is 12.6 Å². The second-order valence-electron chi connectivity index (χ2n) is 11.1. The highest BCUT2D eigenvalue weighted by Gasteiger charge is 2.54. The van der Waals surface area contributed by atoms with Crippen molar-refractivity contribution in [2.45, 2.75) is 50.6 Å². The summed E-state index contributed by atoms with van der Waals surface area (Å²) in [6.07, 6.45) is 10.3. The van der Waals surface area contributed by atoms with Gasteiger partial charge in [-0.2, -0.15) is 8.78 Å². The number of aromatic nitrogens is 1. The molecule has 44 heavy (non-hydrogen) atoms. The number of ether oxygens (including phenoxy) is 4. The summed E-state index contributed by atoms with van der Waals surface area (Å²) in [7, 11) is -3.81. The van der Waals surface area contributed by atoms with Gasteiger partial charge in [0.05, 0.1) is 47.7 Å². The standard InChI is InChI=1S/C30H32Cl2F2N2O7S/c1-3-40-28(37)30(19-8-9-23(43-29(33)34)24(12-19)41-15-17-4-5-17)11-10-22(36-44(2,38)39)27(42-16-18-6-7-18)26(30)25-20(31)13-35-14-21(25)32/h8-14,17-18,26,29,36H,3-7,15-16H2,1-2H3. The zero-order valence-corrected chi connectivity index (χ0v) is 26.4. The van der Waals surface area contributed by atoms with Crippen LogP contribution in [0.2, 0.25) is 10.0 Å². The Morgan fingerprint density at radius 1 is 1.07 bits per heavy atom. The number of alkyl halides is 2. The molecule has 5 rings (SSSR count). The van der Waals surface area contributed by atoms with Crippen molar-refractivity contribution >= 4 is 39.2 Å². The van der Waals surface area contributed by atoms with Crippen LogP contribution in [0.15, 0.2) is 54.2 Å². The van der Waals surface area contributed by atoms with E-state index in [0.29, 0.717) is 0 Å². The third-order valence-corrected chi connectivity index (χ3v) is 8.76. The fraction of sp³-hybridized carbons (Fsp3) is 0.467. The first-order chi connectivity index (χ1) is 20.9. The van der Waals surface area contributed by atoms with Crippen LogP contribution in [0.4, 0.5) is 8.78 Å². The highest BCUT2D eigenvalue weighted by molar-refractivity contribution is 7.88. The molecule has 14 heteroatoms. The third kappa shape index (κ3) is 7.24. The molecule has 1 heterocycles. The molecule has 3 aliphatic rings. The van der Waals surface area contributed by atoms with Gasteiger partial charge in [0.25, 0.3) is 0 Å². The predicted molar refractivity (Wildman–Crippen MR) is 159 cm³/mol. The predicted octanol–water partition coefficient (Wildman–Crippen LogP) is 6.12. The maximum absolute atomic E-state index is 14.3. The number of esters is 1. The quantitative estimate of drug-likeness (QED) is 0.239. The Hall–Kier alpha value is -3.09. The van der Waals surface area contributed by atoms with Crippen molar-refractivity contribution in [3.63, 3.8) is 0 Å². The van der Waals surface area contributed by atoms with Crippen molar-refractivity contribution < 1.29 is 40.9 Å². The summed E-state index contributed by atoms with van der Waals surface area (Å²) in [5, 5.41) is 0.168. The number of halogens is 4. The average molecular weight is 674 g/mol. The third-order valence-electron chi connectivity index (χ3n) is 7.56. The molecule has 1 aromatic carbocycles. The SMILES string of the molecule is CCOC(=O)C1(c2ccc(OC(F)F)c(OCC3CC3)c2)C=CC(NS(C)(=O)=O)=C(OCC2CC2)C1c1c(Cl)cncc1Cl. The van der Waals surface area contributed by atoms with E-state index in [0.717, 1.165) is 31.9 Å². The Morgan fingerprint density at radius 2 is 1.70 bits per heavy atom. The van der Waals surface area contributed by atoms with Gasteiger partial charge in [0.2, 0.25) is 10.0 Å². The fourth-order valence-electron chi connectivity index (χ4n) is 5.13. The van der Waals surface area contributed by atoms with Gasteiger partial charge in [-0.3, -0.25) is 14.5 Å². The van der Waals surface area contributed by atoms with Crippen LogP contribution in [0.5, 0.6) is 11.5 Å². The molecule has 2 atom stereocenters. The number of hydrogen-bond donors (Lipinski definition) is 1. The van der Waals surface area contributed by atoms with Crippen LogP contribution in [0.25, 0.3) is 0 Å². The van der Waals surface area contributed by atoms with E-state index in [9.17, 15) is 22.0 Å². The molecule has 0 spiro atoms. The number of carbonyl (C=O) groups is 1. The van der Waals surface area contributed by atoms with E-state index in [1.807, 2.05) is 0 Å². The molecular formula is C30H32Cl2F2N2O7S. The lowest BCUT2D eigenvalue weighted by Crippen LogP contribution is -2.46. The van der Waals surface area contributed by atoms with E-state index in [4.69, 9.17) is 42.1 Å². The highest BCUT2D eigenvalue weighted by atomic mass is 35.5. The van der Waals surface area contributed by atoms with Crippen LogP contribution >= 0.6 is 23.2 Å². The zero-order valence-electron chi connectivity index (χ0n) is 24.0. The number of allylic oxidation sites excluding steroid dienone is 2. The first-order valence-electron chi connectivity index (χ1n) is 14.1. The van der Waals surface area contributed by atoms with Gasteiger partial charge in [-0.1, -0.05) is 35.3 Å². The Labute approximate surface area is 264 Å². The van der Waals surface area contributed by atoms with Crippen LogP contribution in [-0.2, 0) is 29.7 Å². The van der Waals surface area contributed by atoms with Crippen molar-refractivity contribution in [2.75, 3.05) is 26.1 Å². The fourth-order valence-corrected chi connectivity index (χ4v) is 6.28. The van der Waals surface area contributed by atoms with Crippen LogP contribution in [-0.4, -0.2) is 52.1 Å². The molecule has 0 aliphatic heterocycles. The normalized spacial score (nSPS) is 21.8. The van der Waals surface area contributed by atoms with Gasteiger partial charge in [0, 0.05) is 18.0 Å². The van der Waals surface area contributed by atoms with E-state index in [2.05, 4.69) is 9.71 Å². The Bertz CT molecular complexity index is 1560. The summed E-state index contributed by atoms with van der Waals surface area (Å²) in [6.45, 7) is -0.970. The average Bonchev–Trinajstić information content (AvgIpc) is 3.87. The number of sulfonamides is 1. The molecule has 0 radical (unpaired) electrons. The molecular weight excluding hydrogens is 641 g/mol. The minimum Gasteiger partial charge on any atom is -0.495 e. The number of nitrogens with zero attached hydrogens (tertiary/aromatic N) is 1. The van der Waals surface area contributed by atoms with Gasteiger partial charge in [-0.05, 0) is 68.2 Å². The minimum atomic E-state index is -3.81. The van der Waals surface area contributed by atoms with Gasteiger partial charge in [0.15, 0.2) is 11.5 Å². The van der Waals surface area contributed by atoms with Crippen molar-refractivity contribution in [3.05, 3.63) is 75.4 Å². The van der Waals surface area contributed by atoms with E-state index in [1.165, 1.54) is 42.7 Å². The summed E-state index contributed by atoms with van der Waals surface area (Å²) in [5.74, 6) is -1.53. The molecule has 0 amide bonds. The van der Waals surface area contributed by atoms with Crippen molar-refractivity contribution in [1.29, 1.82) is 0 Å². The number of benzene rings is 1. The molecule has 2 aromatic rings. The maximum Gasteiger partial charge on any atom is 0.387 e. The lowest BCUT2D eigenvalue weighted by molar-refractivity contribution is -0.149. The Kier molecular flexibility index (Phi) is 9.62. The number of carbonyl (C=O) groups excluding carboxylic acids is 1. The van der Waals surface area contributed by atoms with Gasteiger partial charge < -0.3 is 18.9 Å². The molecule has 3 aliphatic carbocycles. The Morgan fingerprint density at radius 3 is 2.27 bits per heavy atom. The van der Waals surface area contributed by atoms with Gasteiger partial charge in [-0.15, -0.1) is 0 Å². The maximum atomic E-state index is 14.3. The summed E-state index contributed by atoms with van der Waals surface area (Å²) in [4.78, 5) is 18.3. The lowest BCUT2D eigenvalue weighted by atomic mass is 9.64. The number of hydrogen-bond acceptors (Lipinski definition) is 8. The monoisotopic (exact) mass is 672 g/mol. The van der Waals surface area contributed by atoms with E-state index in [-0.39, 0.29) is 75.8 Å². The molecule has 9 nitrogen and oxygen atoms in total. The van der Waals surface area contributed by atoms with Crippen LogP contribution in [0, 0.1) is 11.8 Å². The molecule has 1 N–H and O–H groups in total. The van der Waals surface area contributed by atoms with E-state index in [1.54, 1.807) is 6.92 Å². The second-order valence-corrected chi connectivity index (χ2v) is 13.6. The van der Waals surface area contributed by atoms with Crippen LogP contribution in [0.3, 0.4) is 0 Å². The lowest BCUT2D eigenvalue weighted by Gasteiger charge is -2.41. The van der Waals surface area contributed by atoms with Gasteiger partial charge in [0.1, 0.15) is 11.2 Å². The van der Waals surface area contributed by atoms with Crippen molar-refractivity contribution in [3.8, 4) is 11.5 Å². The largest absolute Gasteiger partial charge is 0.495 e. The molecule has 1 aromatic heterocycles. The molecule has 2 unspecified atom stereocenters. The zero-order chi connectivity index (χ0) is 31.6. The first-order valence-corrected chi connectivity index (χ1v) is 16.8. The molecule has 2 saturated carbocycles. The summed E-state index contributed by atoms with van der Waals surface area (Å²) >= 11 is 13.4. The van der Waals surface area contributed by atoms with E-state index < -0.39 is 33.9 Å². The van der Waals surface area contributed by atoms with Crippen LogP contribution in [0.1, 0.15) is 49.7 Å². The summed E-state index contributed by atoms with van der Waals surface area (Å²) < 4.78 is 76.8. The van der Waals surface area contributed by atoms with Crippen molar-refractivity contribution in [1.82, 2.24) is 9.71 Å². The molecule has 2 fully saturated rings. The molecule has 0 saturated heterocycles. The topological polar surface area (TPSA) is 113 Å². The summed E-state index contributed by atoms with van der Waals surface area (Å²) in [5.41, 5.74) is -1.22. The van der Waals surface area contributed by atoms with Gasteiger partial charge in [-0.25, -0.2) is 8.42 Å². The molecule has 0 bridgehead atoms. The van der Waals surface area contributed by atoms with E-state index >= 15 is 0 Å². The summed E-state index contributed by atoms with van der Waals surface area (Å²) in [6, 6.07) is 4.20.